The van der Waals surface area contributed by atoms with E-state index >= 15 is 0 Å². The molecule has 138 valence electrons. The molecule has 2 heterocycles. The lowest BCUT2D eigenvalue weighted by atomic mass is 10.2. The van der Waals surface area contributed by atoms with Crippen LogP contribution in [-0.2, 0) is 20.2 Å². The molecular formula is C21H21N3O3. The van der Waals surface area contributed by atoms with Gasteiger partial charge in [-0.25, -0.2) is 4.98 Å². The predicted molar refractivity (Wildman–Crippen MR) is 102 cm³/mol. The van der Waals surface area contributed by atoms with Gasteiger partial charge in [-0.3, -0.25) is 9.59 Å². The first-order chi connectivity index (χ1) is 13.0. The van der Waals surface area contributed by atoms with Gasteiger partial charge in [-0.2, -0.15) is 0 Å². The van der Waals surface area contributed by atoms with Gasteiger partial charge in [0.25, 0.3) is 5.91 Å². The van der Waals surface area contributed by atoms with Crippen LogP contribution in [-0.4, -0.2) is 21.2 Å². The number of ether oxygens (including phenoxy) is 1. The minimum atomic E-state index is -0.242. The Morgan fingerprint density at radius 3 is 2.59 bits per heavy atom. The van der Waals surface area contributed by atoms with Crippen LogP contribution in [0.5, 0.6) is 5.88 Å². The molecule has 3 aromatic rings. The third-order valence-electron chi connectivity index (χ3n) is 4.13. The van der Waals surface area contributed by atoms with Crippen molar-refractivity contribution in [2.45, 2.75) is 20.1 Å². The number of rotatable bonds is 7. The van der Waals surface area contributed by atoms with Crippen LogP contribution in [0.1, 0.15) is 38.9 Å². The number of ketones is 1. The summed E-state index contributed by atoms with van der Waals surface area (Å²) in [6, 6.07) is 15.1. The number of carbonyl (C=O) groups excluding carboxylic acids is 2. The van der Waals surface area contributed by atoms with Crippen molar-refractivity contribution in [1.29, 1.82) is 0 Å². The standard InChI is InChI=1S/C21H21N3O3/c1-15(25)18-11-19(24(2)13-18)21(26)23-12-17-8-9-22-20(10-17)27-14-16-6-4-3-5-7-16/h3-11,13H,12,14H2,1-2H3,(H,23,26). The lowest BCUT2D eigenvalue weighted by Crippen LogP contribution is -2.24. The third-order valence-corrected chi connectivity index (χ3v) is 4.13. The maximum absolute atomic E-state index is 12.4. The number of hydrogen-bond donors (Lipinski definition) is 1. The molecule has 0 aliphatic rings. The van der Waals surface area contributed by atoms with E-state index in [1.165, 1.54) is 6.92 Å². The van der Waals surface area contributed by atoms with Crippen LogP contribution >= 0.6 is 0 Å². The van der Waals surface area contributed by atoms with Crippen molar-refractivity contribution < 1.29 is 14.3 Å². The monoisotopic (exact) mass is 363 g/mol. The summed E-state index contributed by atoms with van der Waals surface area (Å²) in [6.07, 6.45) is 3.30. The van der Waals surface area contributed by atoms with Gasteiger partial charge >= 0.3 is 0 Å². The second-order valence-corrected chi connectivity index (χ2v) is 6.24. The molecule has 0 aliphatic carbocycles. The first-order valence-corrected chi connectivity index (χ1v) is 8.60. The second-order valence-electron chi connectivity index (χ2n) is 6.24. The Morgan fingerprint density at radius 1 is 1.11 bits per heavy atom. The first-order valence-electron chi connectivity index (χ1n) is 8.60. The molecule has 27 heavy (non-hydrogen) atoms. The molecule has 0 spiro atoms. The number of aryl methyl sites for hydroxylation is 1. The number of amides is 1. The Balaban J connectivity index is 1.59. The molecule has 0 unspecified atom stereocenters. The van der Waals surface area contributed by atoms with Crippen LogP contribution in [0.15, 0.2) is 60.9 Å². The minimum absolute atomic E-state index is 0.0704. The number of Topliss-reactive ketones (excluding diaryl/α,β-unsaturated/α-hetero) is 1. The van der Waals surface area contributed by atoms with Crippen LogP contribution in [0.2, 0.25) is 0 Å². The Kier molecular flexibility index (Phi) is 5.66. The zero-order chi connectivity index (χ0) is 19.2. The summed E-state index contributed by atoms with van der Waals surface area (Å²) in [7, 11) is 1.74. The molecule has 0 atom stereocenters. The molecular weight excluding hydrogens is 342 g/mol. The van der Waals surface area contributed by atoms with E-state index in [1.54, 1.807) is 36.1 Å². The highest BCUT2D eigenvalue weighted by molar-refractivity contribution is 5.99. The molecule has 1 aromatic carbocycles. The summed E-state index contributed by atoms with van der Waals surface area (Å²) >= 11 is 0. The molecule has 6 heteroatoms. The van der Waals surface area contributed by atoms with Crippen LogP contribution in [0.25, 0.3) is 0 Å². The van der Waals surface area contributed by atoms with Crippen molar-refractivity contribution in [2.75, 3.05) is 0 Å². The quantitative estimate of drug-likeness (QED) is 0.655. The normalized spacial score (nSPS) is 10.4. The van der Waals surface area contributed by atoms with Gasteiger partial charge < -0.3 is 14.6 Å². The summed E-state index contributed by atoms with van der Waals surface area (Å²) in [4.78, 5) is 28.0. The van der Waals surface area contributed by atoms with E-state index in [-0.39, 0.29) is 11.7 Å². The topological polar surface area (TPSA) is 73.2 Å². The van der Waals surface area contributed by atoms with Crippen LogP contribution in [0.3, 0.4) is 0 Å². The number of pyridine rings is 1. The van der Waals surface area contributed by atoms with Gasteiger partial charge in [0.05, 0.1) is 0 Å². The summed E-state index contributed by atoms with van der Waals surface area (Å²) in [6.45, 7) is 2.25. The summed E-state index contributed by atoms with van der Waals surface area (Å²) in [5.74, 6) is 0.191. The van der Waals surface area contributed by atoms with Gasteiger partial charge in [0, 0.05) is 37.6 Å². The minimum Gasteiger partial charge on any atom is -0.473 e. The van der Waals surface area contributed by atoms with Crippen molar-refractivity contribution in [3.05, 3.63) is 83.3 Å². The average molecular weight is 363 g/mol. The number of aromatic nitrogens is 2. The summed E-state index contributed by atoms with van der Waals surface area (Å²) in [5, 5.41) is 2.85. The Hall–Kier alpha value is -3.41. The maximum Gasteiger partial charge on any atom is 0.268 e. The molecule has 0 aliphatic heterocycles. The molecule has 0 radical (unpaired) electrons. The van der Waals surface area contributed by atoms with Crippen LogP contribution < -0.4 is 10.1 Å². The van der Waals surface area contributed by atoms with Crippen molar-refractivity contribution in [3.63, 3.8) is 0 Å². The van der Waals surface area contributed by atoms with Gasteiger partial charge in [-0.05, 0) is 30.2 Å². The van der Waals surface area contributed by atoms with Gasteiger partial charge in [0.1, 0.15) is 12.3 Å². The SMILES string of the molecule is CC(=O)c1cc(C(=O)NCc2ccnc(OCc3ccccc3)c2)n(C)c1. The van der Waals surface area contributed by atoms with E-state index in [4.69, 9.17) is 4.74 Å². The largest absolute Gasteiger partial charge is 0.473 e. The van der Waals surface area contributed by atoms with Crippen molar-refractivity contribution in [1.82, 2.24) is 14.9 Å². The average Bonchev–Trinajstić information content (AvgIpc) is 3.08. The molecule has 6 nitrogen and oxygen atoms in total. The molecule has 3 rings (SSSR count). The maximum atomic E-state index is 12.4. The highest BCUT2D eigenvalue weighted by Gasteiger charge is 2.13. The molecule has 0 fully saturated rings. The van der Waals surface area contributed by atoms with Gasteiger partial charge in [-0.1, -0.05) is 30.3 Å². The number of nitrogens with one attached hydrogen (secondary N) is 1. The summed E-state index contributed by atoms with van der Waals surface area (Å²) in [5.41, 5.74) is 2.89. The first kappa shape index (κ1) is 18.4. The number of benzene rings is 1. The Labute approximate surface area is 157 Å². The zero-order valence-electron chi connectivity index (χ0n) is 15.3. The van der Waals surface area contributed by atoms with E-state index in [0.717, 1.165) is 11.1 Å². The van der Waals surface area contributed by atoms with E-state index in [0.29, 0.717) is 30.3 Å². The van der Waals surface area contributed by atoms with Crippen molar-refractivity contribution in [3.8, 4) is 5.88 Å². The fourth-order valence-corrected chi connectivity index (χ4v) is 2.63. The molecule has 0 bridgehead atoms. The predicted octanol–water partition coefficient (Wildman–Crippen LogP) is 3.13. The number of carbonyl (C=O) groups is 2. The van der Waals surface area contributed by atoms with Crippen molar-refractivity contribution in [2.24, 2.45) is 7.05 Å². The molecule has 0 saturated carbocycles. The van der Waals surface area contributed by atoms with Crippen molar-refractivity contribution >= 4 is 11.7 Å². The zero-order valence-corrected chi connectivity index (χ0v) is 15.3. The van der Waals surface area contributed by atoms with Gasteiger partial charge in [-0.15, -0.1) is 0 Å². The number of nitrogens with zero attached hydrogens (tertiary/aromatic N) is 2. The fourth-order valence-electron chi connectivity index (χ4n) is 2.63. The fraction of sp³-hybridized carbons (Fsp3) is 0.190. The summed E-state index contributed by atoms with van der Waals surface area (Å²) < 4.78 is 7.35. The van der Waals surface area contributed by atoms with Crippen LogP contribution in [0.4, 0.5) is 0 Å². The molecule has 1 N–H and O–H groups in total. The van der Waals surface area contributed by atoms with Gasteiger partial charge in [0.2, 0.25) is 5.88 Å². The Bertz CT molecular complexity index is 948. The van der Waals surface area contributed by atoms with E-state index in [9.17, 15) is 9.59 Å². The molecule has 2 aromatic heterocycles. The second kappa shape index (κ2) is 8.31. The van der Waals surface area contributed by atoms with E-state index in [2.05, 4.69) is 10.3 Å². The molecule has 1 amide bonds. The lowest BCUT2D eigenvalue weighted by molar-refractivity contribution is 0.0942. The molecule has 0 saturated heterocycles. The number of hydrogen-bond acceptors (Lipinski definition) is 4. The highest BCUT2D eigenvalue weighted by atomic mass is 16.5. The van der Waals surface area contributed by atoms with Crippen LogP contribution in [0, 0.1) is 0 Å². The third kappa shape index (κ3) is 4.82. The van der Waals surface area contributed by atoms with Gasteiger partial charge in [0.15, 0.2) is 5.78 Å². The Morgan fingerprint density at radius 2 is 1.89 bits per heavy atom. The smallest absolute Gasteiger partial charge is 0.268 e. The highest BCUT2D eigenvalue weighted by Crippen LogP contribution is 2.13. The van der Waals surface area contributed by atoms with E-state index < -0.39 is 0 Å². The van der Waals surface area contributed by atoms with E-state index in [1.807, 2.05) is 36.4 Å². The lowest BCUT2D eigenvalue weighted by Gasteiger charge is -2.09.